The summed E-state index contributed by atoms with van der Waals surface area (Å²) in [6.07, 6.45) is 0.730. The van der Waals surface area contributed by atoms with Crippen molar-refractivity contribution in [2.75, 3.05) is 26.2 Å². The molecule has 1 fully saturated rings. The van der Waals surface area contributed by atoms with Gasteiger partial charge in [0, 0.05) is 37.3 Å². The van der Waals surface area contributed by atoms with Crippen molar-refractivity contribution in [2.45, 2.75) is 13.0 Å². The number of hydrogen-bond donors (Lipinski definition) is 0. The second-order valence-electron chi connectivity index (χ2n) is 7.72. The molecule has 3 aromatic rings. The Hall–Kier alpha value is -3.94. The molecule has 0 radical (unpaired) electrons. The molecule has 8 heteroatoms. The summed E-state index contributed by atoms with van der Waals surface area (Å²) in [4.78, 5) is 41.0. The van der Waals surface area contributed by atoms with Crippen molar-refractivity contribution in [3.8, 4) is 5.75 Å². The minimum absolute atomic E-state index is 0.174. The summed E-state index contributed by atoms with van der Waals surface area (Å²) in [5.74, 6) is -0.253. The fraction of sp³-hybridized carbons (Fsp3) is 0.240. The van der Waals surface area contributed by atoms with Crippen LogP contribution < -0.4 is 4.74 Å². The van der Waals surface area contributed by atoms with E-state index in [9.17, 15) is 18.8 Å². The Morgan fingerprint density at radius 2 is 1.45 bits per heavy atom. The maximum atomic E-state index is 13.1. The standard InChI is InChI=1S/C25H23FN2O5/c1-17(24(30)27-12-14-28(15-13-27)25(31)22-3-2-16-32-22)33-21-10-6-19(7-11-21)23(29)18-4-8-20(26)9-5-18/h2-11,16-17H,12-15H2,1H3. The number of carbonyl (C=O) groups is 3. The van der Waals surface area contributed by atoms with E-state index in [1.165, 1.54) is 30.5 Å². The number of ether oxygens (including phenoxy) is 1. The Morgan fingerprint density at radius 1 is 0.879 bits per heavy atom. The predicted molar refractivity (Wildman–Crippen MR) is 118 cm³/mol. The van der Waals surface area contributed by atoms with Gasteiger partial charge in [0.1, 0.15) is 11.6 Å². The first kappa shape index (κ1) is 22.3. The summed E-state index contributed by atoms with van der Waals surface area (Å²) in [6, 6.07) is 15.1. The van der Waals surface area contributed by atoms with Crippen LogP contribution in [0.3, 0.4) is 0 Å². The van der Waals surface area contributed by atoms with E-state index < -0.39 is 11.9 Å². The summed E-state index contributed by atoms with van der Waals surface area (Å²) in [5.41, 5.74) is 0.823. The van der Waals surface area contributed by atoms with Gasteiger partial charge in [-0.3, -0.25) is 14.4 Å². The molecule has 1 unspecified atom stereocenters. The SMILES string of the molecule is CC(Oc1ccc(C(=O)c2ccc(F)cc2)cc1)C(=O)N1CCN(C(=O)c2ccco2)CC1. The highest BCUT2D eigenvalue weighted by Crippen LogP contribution is 2.18. The molecule has 1 aliphatic heterocycles. The molecule has 1 aromatic heterocycles. The topological polar surface area (TPSA) is 80.1 Å². The zero-order chi connectivity index (χ0) is 23.4. The zero-order valence-electron chi connectivity index (χ0n) is 18.1. The minimum atomic E-state index is -0.726. The molecule has 0 N–H and O–H groups in total. The molecule has 0 saturated carbocycles. The van der Waals surface area contributed by atoms with Crippen molar-refractivity contribution >= 4 is 17.6 Å². The average molecular weight is 450 g/mol. The van der Waals surface area contributed by atoms with Crippen LogP contribution in [0.2, 0.25) is 0 Å². The highest BCUT2D eigenvalue weighted by Gasteiger charge is 2.29. The van der Waals surface area contributed by atoms with Crippen LogP contribution in [0.5, 0.6) is 5.75 Å². The number of nitrogens with zero attached hydrogens (tertiary/aromatic N) is 2. The Kier molecular flexibility index (Phi) is 6.53. The Bertz CT molecular complexity index is 1120. The third-order valence-electron chi connectivity index (χ3n) is 5.49. The first-order valence-corrected chi connectivity index (χ1v) is 10.6. The molecule has 4 rings (SSSR count). The fourth-order valence-electron chi connectivity index (χ4n) is 3.65. The molecule has 0 aliphatic carbocycles. The van der Waals surface area contributed by atoms with Crippen molar-refractivity contribution in [3.05, 3.63) is 89.6 Å². The maximum Gasteiger partial charge on any atom is 0.289 e. The molecular weight excluding hydrogens is 427 g/mol. The van der Waals surface area contributed by atoms with Gasteiger partial charge < -0.3 is 19.0 Å². The predicted octanol–water partition coefficient (Wildman–Crippen LogP) is 3.40. The van der Waals surface area contributed by atoms with E-state index in [1.54, 1.807) is 53.1 Å². The number of benzene rings is 2. The van der Waals surface area contributed by atoms with Crippen LogP contribution in [0.4, 0.5) is 4.39 Å². The van der Waals surface area contributed by atoms with Crippen LogP contribution in [0.15, 0.2) is 71.3 Å². The van der Waals surface area contributed by atoms with Gasteiger partial charge in [-0.15, -0.1) is 0 Å². The summed E-state index contributed by atoms with van der Waals surface area (Å²) < 4.78 is 24.0. The molecule has 0 spiro atoms. The zero-order valence-corrected chi connectivity index (χ0v) is 18.1. The molecule has 7 nitrogen and oxygen atoms in total. The summed E-state index contributed by atoms with van der Waals surface area (Å²) in [5, 5.41) is 0. The van der Waals surface area contributed by atoms with Crippen molar-refractivity contribution in [1.29, 1.82) is 0 Å². The first-order valence-electron chi connectivity index (χ1n) is 10.6. The molecule has 1 aliphatic rings. The van der Waals surface area contributed by atoms with Gasteiger partial charge in [-0.1, -0.05) is 0 Å². The van der Waals surface area contributed by atoms with E-state index >= 15 is 0 Å². The minimum Gasteiger partial charge on any atom is -0.481 e. The monoisotopic (exact) mass is 450 g/mol. The number of piperazine rings is 1. The summed E-state index contributed by atoms with van der Waals surface area (Å²) in [7, 11) is 0. The second-order valence-corrected chi connectivity index (χ2v) is 7.72. The van der Waals surface area contributed by atoms with Gasteiger partial charge in [0.05, 0.1) is 6.26 Å². The van der Waals surface area contributed by atoms with Gasteiger partial charge in [0.25, 0.3) is 11.8 Å². The van der Waals surface area contributed by atoms with Crippen LogP contribution >= 0.6 is 0 Å². The number of rotatable bonds is 6. The van der Waals surface area contributed by atoms with E-state index in [4.69, 9.17) is 9.15 Å². The normalized spacial score (nSPS) is 14.6. The largest absolute Gasteiger partial charge is 0.481 e. The van der Waals surface area contributed by atoms with E-state index in [0.29, 0.717) is 43.1 Å². The van der Waals surface area contributed by atoms with Gasteiger partial charge in [-0.2, -0.15) is 0 Å². The van der Waals surface area contributed by atoms with E-state index in [1.807, 2.05) is 0 Å². The molecule has 1 saturated heterocycles. The van der Waals surface area contributed by atoms with Crippen LogP contribution in [-0.2, 0) is 4.79 Å². The third kappa shape index (κ3) is 5.11. The smallest absolute Gasteiger partial charge is 0.289 e. The highest BCUT2D eigenvalue weighted by atomic mass is 19.1. The molecule has 33 heavy (non-hydrogen) atoms. The lowest BCUT2D eigenvalue weighted by molar-refractivity contribution is -0.139. The Balaban J connectivity index is 1.30. The van der Waals surface area contributed by atoms with Gasteiger partial charge in [-0.05, 0) is 67.6 Å². The summed E-state index contributed by atoms with van der Waals surface area (Å²) >= 11 is 0. The lowest BCUT2D eigenvalue weighted by Crippen LogP contribution is -2.53. The first-order chi connectivity index (χ1) is 15.9. The van der Waals surface area contributed by atoms with Crippen molar-refractivity contribution in [1.82, 2.24) is 9.80 Å². The second kappa shape index (κ2) is 9.68. The van der Waals surface area contributed by atoms with Gasteiger partial charge >= 0.3 is 0 Å². The van der Waals surface area contributed by atoms with E-state index in [0.717, 1.165) is 0 Å². The van der Waals surface area contributed by atoms with Crippen LogP contribution in [-0.4, -0.2) is 59.7 Å². The number of hydrogen-bond acceptors (Lipinski definition) is 5. The molecule has 2 heterocycles. The van der Waals surface area contributed by atoms with Gasteiger partial charge in [0.15, 0.2) is 17.6 Å². The fourth-order valence-corrected chi connectivity index (χ4v) is 3.65. The number of furan rings is 1. The Morgan fingerprint density at radius 3 is 2.03 bits per heavy atom. The molecule has 2 amide bonds. The van der Waals surface area contributed by atoms with Crippen LogP contribution in [0.1, 0.15) is 33.4 Å². The number of amides is 2. The van der Waals surface area contributed by atoms with Crippen molar-refractivity contribution < 1.29 is 27.9 Å². The van der Waals surface area contributed by atoms with Crippen molar-refractivity contribution in [2.24, 2.45) is 0 Å². The van der Waals surface area contributed by atoms with E-state index in [-0.39, 0.29) is 23.4 Å². The molecule has 0 bridgehead atoms. The van der Waals surface area contributed by atoms with Gasteiger partial charge in [-0.25, -0.2) is 4.39 Å². The number of ketones is 1. The molecular formula is C25H23FN2O5. The average Bonchev–Trinajstić information content (AvgIpc) is 3.39. The van der Waals surface area contributed by atoms with Gasteiger partial charge in [0.2, 0.25) is 0 Å². The third-order valence-corrected chi connectivity index (χ3v) is 5.49. The van der Waals surface area contributed by atoms with Crippen LogP contribution in [0, 0.1) is 5.82 Å². The highest BCUT2D eigenvalue weighted by molar-refractivity contribution is 6.09. The molecule has 2 aromatic carbocycles. The Labute approximate surface area is 190 Å². The lowest BCUT2D eigenvalue weighted by Gasteiger charge is -2.35. The molecule has 1 atom stereocenters. The van der Waals surface area contributed by atoms with Crippen molar-refractivity contribution in [3.63, 3.8) is 0 Å². The summed E-state index contributed by atoms with van der Waals surface area (Å²) in [6.45, 7) is 3.31. The maximum absolute atomic E-state index is 13.1. The number of carbonyl (C=O) groups excluding carboxylic acids is 3. The number of halogens is 1. The van der Waals surface area contributed by atoms with E-state index in [2.05, 4.69) is 0 Å². The molecule has 170 valence electrons. The van der Waals surface area contributed by atoms with Crippen LogP contribution in [0.25, 0.3) is 0 Å². The lowest BCUT2D eigenvalue weighted by atomic mass is 10.0. The quantitative estimate of drug-likeness (QED) is 0.538.